The second-order valence-electron chi connectivity index (χ2n) is 4.15. The number of carbonyl (C=O) groups is 1. The van der Waals surface area contributed by atoms with Crippen molar-refractivity contribution in [3.63, 3.8) is 0 Å². The predicted molar refractivity (Wildman–Crippen MR) is 61.5 cm³/mol. The van der Waals surface area contributed by atoms with E-state index in [1.54, 1.807) is 12.3 Å². The fourth-order valence-electron chi connectivity index (χ4n) is 2.23. The van der Waals surface area contributed by atoms with Crippen molar-refractivity contribution in [3.8, 4) is 0 Å². The van der Waals surface area contributed by atoms with Crippen LogP contribution < -0.4 is 10.6 Å². The van der Waals surface area contributed by atoms with E-state index < -0.39 is 6.09 Å². The maximum absolute atomic E-state index is 10.9. The number of hydrogen-bond acceptors (Lipinski definition) is 4. The molecule has 1 unspecified atom stereocenters. The van der Waals surface area contributed by atoms with E-state index in [4.69, 9.17) is 5.11 Å². The topological polar surface area (TPSA) is 87.1 Å². The summed E-state index contributed by atoms with van der Waals surface area (Å²) in [5.74, 6) is 0.294. The summed E-state index contributed by atoms with van der Waals surface area (Å²) in [6.07, 6.45) is 3.99. The molecule has 6 nitrogen and oxygen atoms in total. The average Bonchev–Trinajstić information content (AvgIpc) is 2.38. The van der Waals surface area contributed by atoms with Gasteiger partial charge in [-0.25, -0.2) is 14.8 Å². The molecule has 1 aromatic rings. The van der Waals surface area contributed by atoms with Crippen molar-refractivity contribution in [2.45, 2.75) is 18.9 Å². The highest BCUT2D eigenvalue weighted by molar-refractivity contribution is 5.65. The summed E-state index contributed by atoms with van der Waals surface area (Å²) in [5, 5.41) is 14.7. The minimum Gasteiger partial charge on any atom is -0.465 e. The highest BCUT2D eigenvalue weighted by atomic mass is 16.4. The van der Waals surface area contributed by atoms with E-state index in [0.717, 1.165) is 31.6 Å². The Balaban J connectivity index is 2.15. The van der Waals surface area contributed by atoms with Gasteiger partial charge in [0.1, 0.15) is 6.33 Å². The SMILES string of the molecule is O=C(O)NC(c1ccncn1)C1CCNCC1. The molecule has 92 valence electrons. The van der Waals surface area contributed by atoms with Gasteiger partial charge in [0.25, 0.3) is 0 Å². The Labute approximate surface area is 99.5 Å². The lowest BCUT2D eigenvalue weighted by molar-refractivity contribution is 0.179. The highest BCUT2D eigenvalue weighted by Gasteiger charge is 2.27. The molecule has 6 heteroatoms. The first kappa shape index (κ1) is 11.8. The van der Waals surface area contributed by atoms with Crippen molar-refractivity contribution < 1.29 is 9.90 Å². The molecule has 17 heavy (non-hydrogen) atoms. The molecule has 1 aliphatic heterocycles. The van der Waals surface area contributed by atoms with Gasteiger partial charge in [0, 0.05) is 6.20 Å². The van der Waals surface area contributed by atoms with Crippen LogP contribution in [0, 0.1) is 5.92 Å². The highest BCUT2D eigenvalue weighted by Crippen LogP contribution is 2.27. The zero-order valence-corrected chi connectivity index (χ0v) is 9.47. The molecule has 2 rings (SSSR count). The van der Waals surface area contributed by atoms with Crippen LogP contribution in [0.4, 0.5) is 4.79 Å². The number of rotatable bonds is 3. The Morgan fingerprint density at radius 2 is 2.29 bits per heavy atom. The molecule has 0 spiro atoms. The van der Waals surface area contributed by atoms with Crippen molar-refractivity contribution in [2.75, 3.05) is 13.1 Å². The van der Waals surface area contributed by atoms with Crippen molar-refractivity contribution in [1.29, 1.82) is 0 Å². The molecule has 2 heterocycles. The Morgan fingerprint density at radius 3 is 2.88 bits per heavy atom. The standard InChI is InChI=1S/C11H16N4O2/c16-11(17)15-10(8-1-4-12-5-2-8)9-3-6-13-7-14-9/h3,6-8,10,12,15H,1-2,4-5H2,(H,16,17). The fraction of sp³-hybridized carbons (Fsp3) is 0.545. The van der Waals surface area contributed by atoms with E-state index in [1.165, 1.54) is 6.33 Å². The first-order valence-electron chi connectivity index (χ1n) is 5.73. The quantitative estimate of drug-likeness (QED) is 0.722. The molecule has 1 fully saturated rings. The Morgan fingerprint density at radius 1 is 1.53 bits per heavy atom. The maximum atomic E-state index is 10.9. The van der Waals surface area contributed by atoms with Gasteiger partial charge >= 0.3 is 6.09 Å². The third-order valence-electron chi connectivity index (χ3n) is 3.06. The summed E-state index contributed by atoms with van der Waals surface area (Å²) >= 11 is 0. The number of aromatic nitrogens is 2. The molecule has 1 saturated heterocycles. The van der Waals surface area contributed by atoms with Crippen LogP contribution in [0.15, 0.2) is 18.6 Å². The number of nitrogens with one attached hydrogen (secondary N) is 2. The van der Waals surface area contributed by atoms with Gasteiger partial charge in [0.05, 0.1) is 11.7 Å². The normalized spacial score (nSPS) is 18.6. The zero-order chi connectivity index (χ0) is 12.1. The van der Waals surface area contributed by atoms with Crippen molar-refractivity contribution >= 4 is 6.09 Å². The predicted octanol–water partition coefficient (Wildman–Crippen LogP) is 0.785. The van der Waals surface area contributed by atoms with E-state index in [0.29, 0.717) is 5.92 Å². The minimum absolute atomic E-state index is 0.238. The second-order valence-corrected chi connectivity index (χ2v) is 4.15. The number of nitrogens with zero attached hydrogens (tertiary/aromatic N) is 2. The number of carboxylic acid groups (broad SMARTS) is 1. The number of hydrogen-bond donors (Lipinski definition) is 3. The Kier molecular flexibility index (Phi) is 3.87. The molecule has 0 aliphatic carbocycles. The molecular formula is C11H16N4O2. The van der Waals surface area contributed by atoms with Crippen LogP contribution in [0.3, 0.4) is 0 Å². The van der Waals surface area contributed by atoms with Crippen LogP contribution in [0.2, 0.25) is 0 Å². The fourth-order valence-corrected chi connectivity index (χ4v) is 2.23. The largest absolute Gasteiger partial charge is 0.465 e. The van der Waals surface area contributed by atoms with Crippen LogP contribution in [0.1, 0.15) is 24.6 Å². The lowest BCUT2D eigenvalue weighted by Crippen LogP contribution is -2.38. The summed E-state index contributed by atoms with van der Waals surface area (Å²) in [6, 6.07) is 1.53. The van der Waals surface area contributed by atoms with Crippen LogP contribution in [0.25, 0.3) is 0 Å². The average molecular weight is 236 g/mol. The summed E-state index contributed by atoms with van der Waals surface area (Å²) in [7, 11) is 0. The van der Waals surface area contributed by atoms with E-state index in [-0.39, 0.29) is 6.04 Å². The molecule has 0 bridgehead atoms. The molecule has 0 saturated carbocycles. The van der Waals surface area contributed by atoms with E-state index in [2.05, 4.69) is 20.6 Å². The Hall–Kier alpha value is -1.69. The van der Waals surface area contributed by atoms with Gasteiger partial charge in [0.2, 0.25) is 0 Å². The number of piperidine rings is 1. The van der Waals surface area contributed by atoms with E-state index in [9.17, 15) is 4.79 Å². The van der Waals surface area contributed by atoms with Gasteiger partial charge in [0.15, 0.2) is 0 Å². The number of amides is 1. The zero-order valence-electron chi connectivity index (χ0n) is 9.47. The van der Waals surface area contributed by atoms with Gasteiger partial charge in [-0.3, -0.25) is 0 Å². The molecule has 3 N–H and O–H groups in total. The molecule has 1 atom stereocenters. The van der Waals surface area contributed by atoms with Gasteiger partial charge < -0.3 is 15.7 Å². The van der Waals surface area contributed by atoms with Crippen LogP contribution >= 0.6 is 0 Å². The van der Waals surface area contributed by atoms with Gasteiger partial charge in [-0.1, -0.05) is 0 Å². The van der Waals surface area contributed by atoms with Gasteiger partial charge in [-0.2, -0.15) is 0 Å². The van der Waals surface area contributed by atoms with E-state index >= 15 is 0 Å². The van der Waals surface area contributed by atoms with Crippen LogP contribution in [-0.4, -0.2) is 34.3 Å². The second kappa shape index (κ2) is 5.58. The van der Waals surface area contributed by atoms with Crippen LogP contribution in [-0.2, 0) is 0 Å². The smallest absolute Gasteiger partial charge is 0.405 e. The molecule has 1 aliphatic rings. The summed E-state index contributed by atoms with van der Waals surface area (Å²) in [5.41, 5.74) is 0.745. The lowest BCUT2D eigenvalue weighted by atomic mass is 9.88. The van der Waals surface area contributed by atoms with Crippen LogP contribution in [0.5, 0.6) is 0 Å². The lowest BCUT2D eigenvalue weighted by Gasteiger charge is -2.30. The summed E-state index contributed by atoms with van der Waals surface area (Å²) < 4.78 is 0. The summed E-state index contributed by atoms with van der Waals surface area (Å²) in [4.78, 5) is 18.9. The van der Waals surface area contributed by atoms with Gasteiger partial charge in [-0.15, -0.1) is 0 Å². The molecule has 0 radical (unpaired) electrons. The van der Waals surface area contributed by atoms with Crippen molar-refractivity contribution in [2.24, 2.45) is 5.92 Å². The van der Waals surface area contributed by atoms with Gasteiger partial charge in [-0.05, 0) is 37.9 Å². The molecule has 0 aromatic carbocycles. The third kappa shape index (κ3) is 3.13. The molecule has 1 amide bonds. The summed E-state index contributed by atoms with van der Waals surface area (Å²) in [6.45, 7) is 1.85. The molecular weight excluding hydrogens is 220 g/mol. The minimum atomic E-state index is -1.01. The first-order chi connectivity index (χ1) is 8.27. The van der Waals surface area contributed by atoms with Crippen molar-refractivity contribution in [1.82, 2.24) is 20.6 Å². The van der Waals surface area contributed by atoms with E-state index in [1.807, 2.05) is 0 Å². The monoisotopic (exact) mass is 236 g/mol. The Bertz CT molecular complexity index is 365. The third-order valence-corrected chi connectivity index (χ3v) is 3.06. The maximum Gasteiger partial charge on any atom is 0.405 e. The molecule has 1 aromatic heterocycles. The first-order valence-corrected chi connectivity index (χ1v) is 5.73. The van der Waals surface area contributed by atoms with Crippen molar-refractivity contribution in [3.05, 3.63) is 24.3 Å².